The van der Waals surface area contributed by atoms with Crippen molar-refractivity contribution < 1.29 is 9.59 Å². The van der Waals surface area contributed by atoms with Gasteiger partial charge in [0.25, 0.3) is 11.8 Å². The molecule has 374 valence electrons. The SMILES string of the molecule is CCCCCCCCN1c2ccc(/C=C/c3ccc4c(c3)N(CC(CC)CCCC)C(=O)/C4=C3/C(=O)N(CC(CC)CCCC)c4cc(C(C)(C)C)ccc43)cc2Sc2cc(/C=C/C(C)(C)C)ccc21. The van der Waals surface area contributed by atoms with Crippen LogP contribution in [0.5, 0.6) is 0 Å². The molecule has 0 saturated heterocycles. The van der Waals surface area contributed by atoms with E-state index in [2.05, 4.69) is 178 Å². The third-order valence-corrected chi connectivity index (χ3v) is 16.0. The summed E-state index contributed by atoms with van der Waals surface area (Å²) >= 11 is 1.88. The summed E-state index contributed by atoms with van der Waals surface area (Å²) in [5, 5.41) is 0. The first kappa shape index (κ1) is 53.0. The Hall–Kier alpha value is -4.81. The van der Waals surface area contributed by atoms with E-state index in [0.29, 0.717) is 36.1 Å². The summed E-state index contributed by atoms with van der Waals surface area (Å²) in [7, 11) is 0. The second-order valence-electron chi connectivity index (χ2n) is 22.7. The van der Waals surface area contributed by atoms with Crippen LogP contribution in [-0.2, 0) is 15.0 Å². The van der Waals surface area contributed by atoms with E-state index in [1.165, 1.54) is 70.8 Å². The number of anilines is 4. The second-order valence-corrected chi connectivity index (χ2v) is 23.8. The first-order chi connectivity index (χ1) is 33.6. The Kier molecular flexibility index (Phi) is 17.9. The zero-order chi connectivity index (χ0) is 50.2. The maximum atomic E-state index is 15.2. The molecule has 3 aliphatic rings. The summed E-state index contributed by atoms with van der Waals surface area (Å²) in [4.78, 5) is 39.5. The summed E-state index contributed by atoms with van der Waals surface area (Å²) in [6.45, 7) is 27.0. The minimum absolute atomic E-state index is 0.0369. The van der Waals surface area contributed by atoms with Gasteiger partial charge in [-0.25, -0.2) is 0 Å². The van der Waals surface area contributed by atoms with Gasteiger partial charge in [0.1, 0.15) is 0 Å². The molecule has 70 heavy (non-hydrogen) atoms. The summed E-state index contributed by atoms with van der Waals surface area (Å²) < 4.78 is 0. The molecule has 4 aromatic carbocycles. The number of allylic oxidation sites excluding steroid dienone is 1. The average molecular weight is 960 g/mol. The predicted molar refractivity (Wildman–Crippen MR) is 305 cm³/mol. The molecule has 0 aromatic heterocycles. The van der Waals surface area contributed by atoms with E-state index in [1.807, 2.05) is 21.6 Å². The molecule has 5 nitrogen and oxygen atoms in total. The zero-order valence-corrected chi connectivity index (χ0v) is 45.8. The lowest BCUT2D eigenvalue weighted by Crippen LogP contribution is -2.34. The summed E-state index contributed by atoms with van der Waals surface area (Å²) in [5.74, 6) is 0.675. The Morgan fingerprint density at radius 3 is 1.49 bits per heavy atom. The van der Waals surface area contributed by atoms with Crippen LogP contribution in [0.2, 0.25) is 0 Å². The van der Waals surface area contributed by atoms with Gasteiger partial charge in [0.15, 0.2) is 0 Å². The molecule has 0 N–H and O–H groups in total. The van der Waals surface area contributed by atoms with Crippen LogP contribution in [0.25, 0.3) is 29.4 Å². The number of nitrogens with zero attached hydrogens (tertiary/aromatic N) is 3. The molecule has 4 aromatic rings. The number of amides is 2. The van der Waals surface area contributed by atoms with Crippen molar-refractivity contribution in [2.75, 3.05) is 34.3 Å². The van der Waals surface area contributed by atoms with Crippen molar-refractivity contribution in [1.82, 2.24) is 0 Å². The number of fused-ring (bicyclic) bond motifs is 4. The topological polar surface area (TPSA) is 43.9 Å². The lowest BCUT2D eigenvalue weighted by atomic mass is 9.85. The minimum Gasteiger partial charge on any atom is -0.340 e. The Morgan fingerprint density at radius 1 is 0.500 bits per heavy atom. The van der Waals surface area contributed by atoms with Crippen molar-refractivity contribution in [1.29, 1.82) is 0 Å². The number of carbonyl (C=O) groups is 2. The molecular weight excluding hydrogens is 875 g/mol. The van der Waals surface area contributed by atoms with Gasteiger partial charge in [-0.3, -0.25) is 9.59 Å². The lowest BCUT2D eigenvalue weighted by molar-refractivity contribution is -0.114. The van der Waals surface area contributed by atoms with Crippen LogP contribution in [-0.4, -0.2) is 31.4 Å². The number of benzene rings is 4. The molecule has 2 amide bonds. The number of rotatable bonds is 22. The molecule has 3 aliphatic heterocycles. The summed E-state index contributed by atoms with van der Waals surface area (Å²) in [5.41, 5.74) is 12.0. The van der Waals surface area contributed by atoms with E-state index in [9.17, 15) is 0 Å². The molecule has 0 aliphatic carbocycles. The van der Waals surface area contributed by atoms with Crippen molar-refractivity contribution in [3.05, 3.63) is 112 Å². The first-order valence-electron chi connectivity index (χ1n) is 27.4. The average Bonchev–Trinajstić information content (AvgIpc) is 3.76. The zero-order valence-electron chi connectivity index (χ0n) is 45.0. The minimum atomic E-state index is -0.0826. The smallest absolute Gasteiger partial charge is 0.259 e. The third kappa shape index (κ3) is 12.4. The Labute approximate surface area is 428 Å². The van der Waals surface area contributed by atoms with Crippen LogP contribution in [0.1, 0.15) is 199 Å². The third-order valence-electron chi connectivity index (χ3n) is 14.9. The van der Waals surface area contributed by atoms with Gasteiger partial charge in [-0.2, -0.15) is 0 Å². The van der Waals surface area contributed by atoms with Crippen LogP contribution in [0, 0.1) is 17.3 Å². The van der Waals surface area contributed by atoms with Gasteiger partial charge in [-0.1, -0.05) is 219 Å². The molecule has 6 heteroatoms. The van der Waals surface area contributed by atoms with Gasteiger partial charge in [0.2, 0.25) is 0 Å². The predicted octanol–water partition coefficient (Wildman–Crippen LogP) is 18.2. The highest BCUT2D eigenvalue weighted by atomic mass is 32.2. The molecule has 0 fully saturated rings. The van der Waals surface area contributed by atoms with Crippen molar-refractivity contribution >= 4 is 75.7 Å². The van der Waals surface area contributed by atoms with E-state index < -0.39 is 0 Å². The fraction of sp³-hybridized carbons (Fsp3) is 0.500. The van der Waals surface area contributed by atoms with Crippen molar-refractivity contribution in [3.8, 4) is 0 Å². The number of hydrogen-bond acceptors (Lipinski definition) is 4. The number of carbonyl (C=O) groups excluding carboxylic acids is 2. The quantitative estimate of drug-likeness (QED) is 0.0447. The van der Waals surface area contributed by atoms with Gasteiger partial charge in [-0.05, 0) is 101 Å². The number of unbranched alkanes of at least 4 members (excludes halogenated alkanes) is 7. The highest BCUT2D eigenvalue weighted by Crippen LogP contribution is 2.51. The molecular formula is C64H85N3O2S. The van der Waals surface area contributed by atoms with E-state index in [1.54, 1.807) is 0 Å². The van der Waals surface area contributed by atoms with Crippen LogP contribution in [0.15, 0.2) is 88.7 Å². The lowest BCUT2D eigenvalue weighted by Gasteiger charge is -2.33. The van der Waals surface area contributed by atoms with Crippen LogP contribution in [0.3, 0.4) is 0 Å². The van der Waals surface area contributed by atoms with Gasteiger partial charge < -0.3 is 14.7 Å². The first-order valence-corrected chi connectivity index (χ1v) is 28.2. The highest BCUT2D eigenvalue weighted by Gasteiger charge is 2.43. The summed E-state index contributed by atoms with van der Waals surface area (Å²) in [6.07, 6.45) is 25.3. The van der Waals surface area contributed by atoms with Crippen LogP contribution >= 0.6 is 11.8 Å². The van der Waals surface area contributed by atoms with Crippen molar-refractivity contribution in [2.24, 2.45) is 17.3 Å². The number of hydrogen-bond donors (Lipinski definition) is 0. The largest absolute Gasteiger partial charge is 0.340 e. The van der Waals surface area contributed by atoms with Gasteiger partial charge in [0, 0.05) is 40.6 Å². The Bertz CT molecular complexity index is 2570. The monoisotopic (exact) mass is 960 g/mol. The highest BCUT2D eigenvalue weighted by molar-refractivity contribution is 7.99. The molecule has 0 spiro atoms. The maximum absolute atomic E-state index is 15.2. The fourth-order valence-electron chi connectivity index (χ4n) is 10.4. The van der Waals surface area contributed by atoms with Gasteiger partial charge in [0.05, 0.1) is 33.9 Å². The molecule has 0 bridgehead atoms. The standard InChI is InChI=1S/C64H85N3O2S/c1-12-17-20-21-22-23-38-65-53-34-29-48(40-57(53)70-58-41-49(30-35-54(58)65)36-37-63(6,7)8)27-26-47-28-32-51-55(39-47)66(43-45(15-4)24-18-13-2)61(68)59(51)60-52-33-31-50(64(9,10)11)42-56(52)67(62(60)69)44-46(16-5)25-19-14-3/h26-37,39-42,45-46H,12-25,38,43-44H2,1-11H3/b27-26+,37-36+,60-59+. The van der Waals surface area contributed by atoms with E-state index in [-0.39, 0.29) is 22.6 Å². The van der Waals surface area contributed by atoms with E-state index in [0.717, 1.165) is 91.5 Å². The van der Waals surface area contributed by atoms with Gasteiger partial charge >= 0.3 is 0 Å². The Balaban J connectivity index is 1.25. The fourth-order valence-corrected chi connectivity index (χ4v) is 11.6. The maximum Gasteiger partial charge on any atom is 0.259 e. The Morgan fingerprint density at radius 2 is 0.971 bits per heavy atom. The van der Waals surface area contributed by atoms with E-state index in [4.69, 9.17) is 0 Å². The van der Waals surface area contributed by atoms with Crippen LogP contribution in [0.4, 0.5) is 22.7 Å². The molecule has 7 rings (SSSR count). The van der Waals surface area contributed by atoms with E-state index >= 15 is 9.59 Å². The van der Waals surface area contributed by atoms with Crippen molar-refractivity contribution in [3.63, 3.8) is 0 Å². The second kappa shape index (κ2) is 23.6. The molecule has 0 saturated carbocycles. The molecule has 2 unspecified atom stereocenters. The summed E-state index contributed by atoms with van der Waals surface area (Å²) in [6, 6.07) is 26.8. The van der Waals surface area contributed by atoms with Crippen LogP contribution < -0.4 is 14.7 Å². The van der Waals surface area contributed by atoms with Crippen molar-refractivity contribution in [2.45, 2.75) is 181 Å². The van der Waals surface area contributed by atoms with Gasteiger partial charge in [-0.15, -0.1) is 0 Å². The molecule has 2 atom stereocenters. The normalized spacial score (nSPS) is 16.7. The molecule has 0 radical (unpaired) electrons. The molecule has 3 heterocycles.